The van der Waals surface area contributed by atoms with Gasteiger partial charge in [-0.2, -0.15) is 5.10 Å². The molecule has 0 saturated heterocycles. The molecule has 0 unspecified atom stereocenters. The summed E-state index contributed by atoms with van der Waals surface area (Å²) in [5.74, 6) is -0.531. The Morgan fingerprint density at radius 3 is 2.64 bits per heavy atom. The van der Waals surface area contributed by atoms with E-state index in [1.54, 1.807) is 16.9 Å². The highest BCUT2D eigenvalue weighted by atomic mass is 16.1. The van der Waals surface area contributed by atoms with Crippen LogP contribution in [0.25, 0.3) is 27.7 Å². The van der Waals surface area contributed by atoms with E-state index in [1.165, 1.54) is 0 Å². The van der Waals surface area contributed by atoms with Gasteiger partial charge in [0.15, 0.2) is 5.69 Å². The van der Waals surface area contributed by atoms with Crippen molar-refractivity contribution in [3.8, 4) is 16.8 Å². The minimum atomic E-state index is -0.531. The van der Waals surface area contributed by atoms with Crippen molar-refractivity contribution in [3.63, 3.8) is 0 Å². The number of amides is 1. The zero-order chi connectivity index (χ0) is 17.4. The quantitative estimate of drug-likeness (QED) is 0.625. The van der Waals surface area contributed by atoms with Crippen LogP contribution in [0.1, 0.15) is 16.2 Å². The van der Waals surface area contributed by atoms with Gasteiger partial charge in [-0.1, -0.05) is 36.4 Å². The molecule has 0 aliphatic heterocycles. The van der Waals surface area contributed by atoms with Crippen LogP contribution in [0.3, 0.4) is 0 Å². The van der Waals surface area contributed by atoms with E-state index >= 15 is 0 Å². The molecule has 5 nitrogen and oxygen atoms in total. The van der Waals surface area contributed by atoms with E-state index in [2.05, 4.69) is 16.1 Å². The fourth-order valence-corrected chi connectivity index (χ4v) is 3.00. The van der Waals surface area contributed by atoms with Gasteiger partial charge in [0.2, 0.25) is 0 Å². The maximum Gasteiger partial charge on any atom is 0.269 e. The molecule has 0 aliphatic carbocycles. The summed E-state index contributed by atoms with van der Waals surface area (Å²) in [5.41, 5.74) is 10.4. The second kappa shape index (κ2) is 5.87. The van der Waals surface area contributed by atoms with Crippen molar-refractivity contribution >= 4 is 16.8 Å². The molecule has 2 N–H and O–H groups in total. The van der Waals surface area contributed by atoms with Crippen molar-refractivity contribution in [3.05, 3.63) is 78.2 Å². The maximum absolute atomic E-state index is 11.4. The van der Waals surface area contributed by atoms with Gasteiger partial charge in [0, 0.05) is 22.8 Å². The predicted molar refractivity (Wildman–Crippen MR) is 97.6 cm³/mol. The number of carbonyl (C=O) groups is 1. The molecular formula is C20H16N4O. The van der Waals surface area contributed by atoms with E-state index in [0.29, 0.717) is 0 Å². The largest absolute Gasteiger partial charge is 0.364 e. The molecule has 0 atom stereocenters. The van der Waals surface area contributed by atoms with Crippen molar-refractivity contribution < 1.29 is 4.79 Å². The molecule has 2 heterocycles. The van der Waals surface area contributed by atoms with Gasteiger partial charge in [-0.25, -0.2) is 4.68 Å². The first-order valence-corrected chi connectivity index (χ1v) is 7.94. The molecular weight excluding hydrogens is 312 g/mol. The summed E-state index contributed by atoms with van der Waals surface area (Å²) in [7, 11) is 0. The monoisotopic (exact) mass is 328 g/mol. The second-order valence-electron chi connectivity index (χ2n) is 5.88. The van der Waals surface area contributed by atoms with Crippen molar-refractivity contribution in [1.82, 2.24) is 14.8 Å². The van der Waals surface area contributed by atoms with Crippen LogP contribution in [0, 0.1) is 6.92 Å². The molecule has 122 valence electrons. The number of nitrogens with zero attached hydrogens (tertiary/aromatic N) is 3. The zero-order valence-electron chi connectivity index (χ0n) is 13.7. The van der Waals surface area contributed by atoms with Crippen LogP contribution >= 0.6 is 0 Å². The van der Waals surface area contributed by atoms with Crippen LogP contribution in [0.5, 0.6) is 0 Å². The number of primary amides is 1. The molecule has 0 bridgehead atoms. The number of benzene rings is 2. The number of hydrogen-bond acceptors (Lipinski definition) is 3. The van der Waals surface area contributed by atoms with Crippen molar-refractivity contribution in [2.24, 2.45) is 5.73 Å². The van der Waals surface area contributed by atoms with Crippen molar-refractivity contribution in [1.29, 1.82) is 0 Å². The Morgan fingerprint density at radius 1 is 1.04 bits per heavy atom. The van der Waals surface area contributed by atoms with Gasteiger partial charge < -0.3 is 5.73 Å². The fourth-order valence-electron chi connectivity index (χ4n) is 3.00. The minimum Gasteiger partial charge on any atom is -0.364 e. The molecule has 1 amide bonds. The number of hydrogen-bond donors (Lipinski definition) is 1. The van der Waals surface area contributed by atoms with Gasteiger partial charge in [-0.3, -0.25) is 9.78 Å². The third-order valence-corrected chi connectivity index (χ3v) is 4.17. The maximum atomic E-state index is 11.4. The number of fused-ring (bicyclic) bond motifs is 1. The predicted octanol–water partition coefficient (Wildman–Crippen LogP) is 3.49. The van der Waals surface area contributed by atoms with Gasteiger partial charge in [0.05, 0.1) is 11.2 Å². The molecule has 0 spiro atoms. The molecule has 4 aromatic rings. The number of aromatic nitrogens is 3. The lowest BCUT2D eigenvalue weighted by atomic mass is 10.0. The van der Waals surface area contributed by atoms with Crippen LogP contribution in [0.15, 0.2) is 66.9 Å². The second-order valence-corrected chi connectivity index (χ2v) is 5.88. The van der Waals surface area contributed by atoms with E-state index in [-0.39, 0.29) is 5.69 Å². The summed E-state index contributed by atoms with van der Waals surface area (Å²) < 4.78 is 1.72. The number of nitrogens with two attached hydrogens (primary N) is 1. The molecule has 5 heteroatoms. The molecule has 0 fully saturated rings. The van der Waals surface area contributed by atoms with E-state index in [0.717, 1.165) is 33.4 Å². The number of aryl methyl sites for hydroxylation is 1. The van der Waals surface area contributed by atoms with Gasteiger partial charge in [0.1, 0.15) is 0 Å². The molecule has 4 rings (SSSR count). The van der Waals surface area contributed by atoms with Crippen LogP contribution in [-0.2, 0) is 0 Å². The smallest absolute Gasteiger partial charge is 0.269 e. The molecule has 2 aromatic carbocycles. The van der Waals surface area contributed by atoms with Crippen LogP contribution in [-0.4, -0.2) is 20.7 Å². The molecule has 2 aromatic heterocycles. The summed E-state index contributed by atoms with van der Waals surface area (Å²) >= 11 is 0. The highest BCUT2D eigenvalue weighted by Crippen LogP contribution is 2.28. The summed E-state index contributed by atoms with van der Waals surface area (Å²) in [4.78, 5) is 15.9. The Labute approximate surface area is 144 Å². The lowest BCUT2D eigenvalue weighted by Crippen LogP contribution is -2.12. The molecule has 0 aliphatic rings. The third-order valence-electron chi connectivity index (χ3n) is 4.17. The Kier molecular flexibility index (Phi) is 3.54. The number of rotatable bonds is 3. The average Bonchev–Trinajstić information content (AvgIpc) is 3.03. The number of para-hydroxylation sites is 1. The van der Waals surface area contributed by atoms with E-state index < -0.39 is 5.91 Å². The number of pyridine rings is 1. The van der Waals surface area contributed by atoms with Gasteiger partial charge in [0.25, 0.3) is 5.91 Å². The molecule has 25 heavy (non-hydrogen) atoms. The Morgan fingerprint density at radius 2 is 1.84 bits per heavy atom. The van der Waals surface area contributed by atoms with Gasteiger partial charge in [-0.05, 0) is 36.8 Å². The topological polar surface area (TPSA) is 73.8 Å². The highest BCUT2D eigenvalue weighted by Gasteiger charge is 2.11. The van der Waals surface area contributed by atoms with Crippen LogP contribution < -0.4 is 5.73 Å². The average molecular weight is 328 g/mol. The zero-order valence-corrected chi connectivity index (χ0v) is 13.7. The minimum absolute atomic E-state index is 0.259. The lowest BCUT2D eigenvalue weighted by Gasteiger charge is -2.09. The Bertz CT molecular complexity index is 1090. The van der Waals surface area contributed by atoms with Crippen molar-refractivity contribution in [2.45, 2.75) is 6.92 Å². The third kappa shape index (κ3) is 2.65. The summed E-state index contributed by atoms with van der Waals surface area (Å²) in [6, 6.07) is 19.8. The van der Waals surface area contributed by atoms with E-state index in [1.807, 2.05) is 55.5 Å². The van der Waals surface area contributed by atoms with Crippen LogP contribution in [0.4, 0.5) is 0 Å². The Balaban J connectivity index is 1.86. The van der Waals surface area contributed by atoms with E-state index in [9.17, 15) is 4.79 Å². The number of carbonyl (C=O) groups excluding carboxylic acids is 1. The fraction of sp³-hybridized carbons (Fsp3) is 0.0500. The molecule has 0 saturated carbocycles. The standard InChI is InChI=1S/C20H16N4O/c1-13-11-18(20(21)25)23-24(13)16-8-2-6-15(12-16)17-9-3-5-14-7-4-10-22-19(14)17/h2-12H,1H3,(H2,21,25). The summed E-state index contributed by atoms with van der Waals surface area (Å²) in [6.45, 7) is 1.89. The first kappa shape index (κ1) is 15.1. The van der Waals surface area contributed by atoms with Gasteiger partial charge >= 0.3 is 0 Å². The highest BCUT2D eigenvalue weighted by molar-refractivity contribution is 5.94. The normalized spacial score (nSPS) is 10.9. The lowest BCUT2D eigenvalue weighted by molar-refractivity contribution is 0.0995. The first-order chi connectivity index (χ1) is 12.1. The summed E-state index contributed by atoms with van der Waals surface area (Å²) in [5, 5.41) is 5.40. The first-order valence-electron chi connectivity index (χ1n) is 7.94. The Hall–Kier alpha value is -3.47. The van der Waals surface area contributed by atoms with E-state index in [4.69, 9.17) is 5.73 Å². The van der Waals surface area contributed by atoms with Crippen LogP contribution in [0.2, 0.25) is 0 Å². The molecule has 0 radical (unpaired) electrons. The SMILES string of the molecule is Cc1cc(C(N)=O)nn1-c1cccc(-c2cccc3cccnc23)c1. The van der Waals surface area contributed by atoms with Gasteiger partial charge in [-0.15, -0.1) is 0 Å². The summed E-state index contributed by atoms with van der Waals surface area (Å²) in [6.07, 6.45) is 1.80. The van der Waals surface area contributed by atoms with Crippen molar-refractivity contribution in [2.75, 3.05) is 0 Å².